The van der Waals surface area contributed by atoms with Gasteiger partial charge in [0.1, 0.15) is 0 Å². The summed E-state index contributed by atoms with van der Waals surface area (Å²) in [5, 5.41) is 12.8. The van der Waals surface area contributed by atoms with Gasteiger partial charge in [0.05, 0.1) is 10.2 Å². The maximum absolute atomic E-state index is 11.8. The summed E-state index contributed by atoms with van der Waals surface area (Å²) in [5.41, 5.74) is 0.901. The van der Waals surface area contributed by atoms with E-state index in [2.05, 4.69) is 5.32 Å². The van der Waals surface area contributed by atoms with Crippen LogP contribution in [0.2, 0.25) is 0 Å². The van der Waals surface area contributed by atoms with E-state index in [0.717, 1.165) is 5.56 Å². The van der Waals surface area contributed by atoms with Crippen molar-refractivity contribution in [1.29, 1.82) is 0 Å². The van der Waals surface area contributed by atoms with Crippen LogP contribution in [0, 0.1) is 10.1 Å². The molecule has 1 aromatic rings. The number of hydrogen-bond acceptors (Lipinski definition) is 5. The van der Waals surface area contributed by atoms with Crippen molar-refractivity contribution in [2.45, 2.75) is 18.1 Å². The molecule has 1 N–H and O–H groups in total. The molecule has 0 radical (unpaired) electrons. The molecule has 19 heavy (non-hydrogen) atoms. The van der Waals surface area contributed by atoms with Crippen LogP contribution in [-0.4, -0.2) is 27.8 Å². The topological polar surface area (TPSA) is 72.2 Å². The van der Waals surface area contributed by atoms with Gasteiger partial charge in [-0.3, -0.25) is 14.9 Å². The fourth-order valence-electron chi connectivity index (χ4n) is 1.68. The van der Waals surface area contributed by atoms with Crippen LogP contribution in [0.1, 0.15) is 18.4 Å². The lowest BCUT2D eigenvalue weighted by molar-refractivity contribution is -0.384. The first-order chi connectivity index (χ1) is 9.01. The van der Waals surface area contributed by atoms with Gasteiger partial charge in [-0.05, 0) is 5.56 Å². The van der Waals surface area contributed by atoms with Crippen LogP contribution < -0.4 is 5.32 Å². The number of hydrogen-bond donors (Lipinski definition) is 1. The van der Waals surface area contributed by atoms with Gasteiger partial charge in [-0.15, -0.1) is 11.8 Å². The Bertz CT molecular complexity index is 476. The number of carbonyl (C=O) groups excluding carboxylic acids is 1. The second-order valence-corrected chi connectivity index (χ2v) is 5.45. The standard InChI is InChI=1S/C12H14N2O3S2/c1-8(11(19-7-18)12(15)13-2)9-3-5-10(6-4-9)14(16)17/h3-8,11H,1-2H3,(H,13,15). The van der Waals surface area contributed by atoms with Crippen LogP contribution in [0.5, 0.6) is 0 Å². The molecule has 1 amide bonds. The Balaban J connectivity index is 2.95. The molecule has 2 unspecified atom stereocenters. The summed E-state index contributed by atoms with van der Waals surface area (Å²) in [4.78, 5) is 21.9. The summed E-state index contributed by atoms with van der Waals surface area (Å²) in [7, 11) is 1.57. The number of amides is 1. The van der Waals surface area contributed by atoms with Gasteiger partial charge in [-0.2, -0.15) is 0 Å². The zero-order chi connectivity index (χ0) is 14.4. The molecule has 7 heteroatoms. The first-order valence-corrected chi connectivity index (χ1v) is 6.97. The van der Waals surface area contributed by atoms with Crippen molar-refractivity contribution in [2.75, 3.05) is 7.05 Å². The highest BCUT2D eigenvalue weighted by molar-refractivity contribution is 8.21. The number of rotatable bonds is 6. The quantitative estimate of drug-likeness (QED) is 0.496. The monoisotopic (exact) mass is 298 g/mol. The predicted molar refractivity (Wildman–Crippen MR) is 80.6 cm³/mol. The van der Waals surface area contributed by atoms with Crippen LogP contribution in [0.15, 0.2) is 24.3 Å². The zero-order valence-electron chi connectivity index (χ0n) is 10.5. The van der Waals surface area contributed by atoms with Gasteiger partial charge in [0, 0.05) is 29.8 Å². The second-order valence-electron chi connectivity index (χ2n) is 3.90. The molecule has 2 atom stereocenters. The van der Waals surface area contributed by atoms with Crippen molar-refractivity contribution >= 4 is 40.3 Å². The van der Waals surface area contributed by atoms with Gasteiger partial charge in [-0.1, -0.05) is 31.3 Å². The van der Waals surface area contributed by atoms with Crippen molar-refractivity contribution in [3.63, 3.8) is 0 Å². The van der Waals surface area contributed by atoms with E-state index in [1.54, 1.807) is 19.2 Å². The number of nitro groups is 1. The predicted octanol–water partition coefficient (Wildman–Crippen LogP) is 2.50. The molecule has 0 aromatic heterocycles. The van der Waals surface area contributed by atoms with E-state index in [9.17, 15) is 14.9 Å². The third-order valence-electron chi connectivity index (χ3n) is 2.79. The number of nitrogens with one attached hydrogen (secondary N) is 1. The minimum absolute atomic E-state index is 0.0370. The van der Waals surface area contributed by atoms with Gasteiger partial charge in [0.2, 0.25) is 5.91 Å². The van der Waals surface area contributed by atoms with E-state index in [4.69, 9.17) is 12.2 Å². The molecule has 0 fully saturated rings. The Morgan fingerprint density at radius 1 is 1.47 bits per heavy atom. The number of nitro benzene ring substituents is 1. The fourth-order valence-corrected chi connectivity index (χ4v) is 2.80. The van der Waals surface area contributed by atoms with Gasteiger partial charge in [0.25, 0.3) is 5.69 Å². The lowest BCUT2D eigenvalue weighted by Crippen LogP contribution is -2.33. The Morgan fingerprint density at radius 2 is 2.05 bits per heavy atom. The molecule has 0 aliphatic carbocycles. The highest BCUT2D eigenvalue weighted by atomic mass is 32.2. The molecule has 1 rings (SSSR count). The van der Waals surface area contributed by atoms with Crippen molar-refractivity contribution in [3.8, 4) is 0 Å². The lowest BCUT2D eigenvalue weighted by atomic mass is 9.96. The third-order valence-corrected chi connectivity index (χ3v) is 4.15. The molecule has 0 heterocycles. The molecule has 1 aromatic carbocycles. The minimum atomic E-state index is -0.448. The van der Waals surface area contributed by atoms with Crippen molar-refractivity contribution in [2.24, 2.45) is 0 Å². The Hall–Kier alpha value is -1.47. The van der Waals surface area contributed by atoms with E-state index in [0.29, 0.717) is 0 Å². The van der Waals surface area contributed by atoms with Crippen LogP contribution in [-0.2, 0) is 4.79 Å². The highest BCUT2D eigenvalue weighted by Gasteiger charge is 2.25. The van der Waals surface area contributed by atoms with Gasteiger partial charge in [0.15, 0.2) is 0 Å². The van der Waals surface area contributed by atoms with E-state index in [-0.39, 0.29) is 22.8 Å². The van der Waals surface area contributed by atoms with Crippen LogP contribution in [0.4, 0.5) is 5.69 Å². The van der Waals surface area contributed by atoms with E-state index < -0.39 is 4.92 Å². The summed E-state index contributed by atoms with van der Waals surface area (Å²) in [5.74, 6) is -0.207. The Morgan fingerprint density at radius 3 is 2.47 bits per heavy atom. The summed E-state index contributed by atoms with van der Waals surface area (Å²) in [6.07, 6.45) is 0. The van der Waals surface area contributed by atoms with Crippen LogP contribution in [0.25, 0.3) is 0 Å². The average molecular weight is 298 g/mol. The maximum Gasteiger partial charge on any atom is 0.269 e. The molecule has 0 saturated carbocycles. The summed E-state index contributed by atoms with van der Waals surface area (Å²) < 4.78 is 1.46. The molecule has 0 bridgehead atoms. The molecule has 0 aliphatic heterocycles. The number of thioether (sulfide) groups is 1. The van der Waals surface area contributed by atoms with Gasteiger partial charge in [-0.25, -0.2) is 0 Å². The summed E-state index contributed by atoms with van der Waals surface area (Å²) in [6.45, 7) is 1.90. The molecule has 5 nitrogen and oxygen atoms in total. The molecular formula is C12H14N2O3S2. The van der Waals surface area contributed by atoms with Crippen molar-refractivity contribution in [1.82, 2.24) is 5.32 Å². The van der Waals surface area contributed by atoms with Gasteiger partial charge < -0.3 is 5.32 Å². The SMILES string of the molecule is CNC(=O)C(SC=S)C(C)c1ccc([N+](=O)[O-])cc1. The number of nitrogens with zero attached hydrogens (tertiary/aromatic N) is 1. The largest absolute Gasteiger partial charge is 0.358 e. The van der Waals surface area contributed by atoms with E-state index in [1.165, 1.54) is 28.6 Å². The van der Waals surface area contributed by atoms with E-state index >= 15 is 0 Å². The molecule has 102 valence electrons. The number of carbonyl (C=O) groups is 1. The number of thiocarbonyl (C=S) groups is 1. The van der Waals surface area contributed by atoms with Crippen LogP contribution in [0.3, 0.4) is 0 Å². The first-order valence-electron chi connectivity index (χ1n) is 5.56. The average Bonchev–Trinajstić information content (AvgIpc) is 2.43. The van der Waals surface area contributed by atoms with Crippen molar-refractivity contribution in [3.05, 3.63) is 39.9 Å². The Labute approximate surface area is 120 Å². The van der Waals surface area contributed by atoms with E-state index in [1.807, 2.05) is 6.92 Å². The van der Waals surface area contributed by atoms with Crippen molar-refractivity contribution < 1.29 is 9.72 Å². The van der Waals surface area contributed by atoms with Crippen LogP contribution >= 0.6 is 24.0 Å². The summed E-state index contributed by atoms with van der Waals surface area (Å²) in [6, 6.07) is 6.22. The fraction of sp³-hybridized carbons (Fsp3) is 0.333. The zero-order valence-corrected chi connectivity index (χ0v) is 12.2. The first kappa shape index (κ1) is 15.6. The lowest BCUT2D eigenvalue weighted by Gasteiger charge is -2.20. The smallest absolute Gasteiger partial charge is 0.269 e. The van der Waals surface area contributed by atoms with Gasteiger partial charge >= 0.3 is 0 Å². The molecule has 0 spiro atoms. The minimum Gasteiger partial charge on any atom is -0.358 e. The normalized spacial score (nSPS) is 13.4. The molecule has 0 saturated heterocycles. The number of non-ortho nitro benzene ring substituents is 1. The molecule has 0 aliphatic rings. The highest BCUT2D eigenvalue weighted by Crippen LogP contribution is 2.28. The maximum atomic E-state index is 11.8. The molecular weight excluding hydrogens is 284 g/mol. The second kappa shape index (κ2) is 7.20. The number of benzene rings is 1. The third kappa shape index (κ3) is 4.00. The summed E-state index contributed by atoms with van der Waals surface area (Å²) >= 11 is 6.05. The Kier molecular flexibility index (Phi) is 5.91.